The number of fused-ring (bicyclic) bond motifs is 1. The Morgan fingerprint density at radius 3 is 2.77 bits per heavy atom. The molecule has 0 saturated heterocycles. The van der Waals surface area contributed by atoms with Crippen LogP contribution < -0.4 is 4.74 Å². The molecule has 150 valence electrons. The highest BCUT2D eigenvalue weighted by Crippen LogP contribution is 2.35. The van der Waals surface area contributed by atoms with Crippen LogP contribution in [0.4, 0.5) is 11.4 Å². The number of nitro groups is 1. The molecule has 3 aromatic carbocycles. The molecule has 0 radical (unpaired) electrons. The van der Waals surface area contributed by atoms with E-state index in [1.165, 1.54) is 25.5 Å². The molecule has 0 spiro atoms. The van der Waals surface area contributed by atoms with E-state index in [9.17, 15) is 15.2 Å². The quantitative estimate of drug-likeness (QED) is 0.231. The van der Waals surface area contributed by atoms with E-state index in [2.05, 4.69) is 25.9 Å². The Bertz CT molecular complexity index is 1270. The van der Waals surface area contributed by atoms with Gasteiger partial charge in [-0.1, -0.05) is 12.1 Å². The van der Waals surface area contributed by atoms with Gasteiger partial charge in [0.2, 0.25) is 5.89 Å². The van der Waals surface area contributed by atoms with Crippen molar-refractivity contribution >= 4 is 44.6 Å². The predicted molar refractivity (Wildman–Crippen MR) is 116 cm³/mol. The Hall–Kier alpha value is -3.72. The minimum atomic E-state index is -0.546. The molecule has 1 N–H and O–H groups in total. The fourth-order valence-corrected chi connectivity index (χ4v) is 3.33. The molecule has 0 fully saturated rings. The van der Waals surface area contributed by atoms with Crippen molar-refractivity contribution in [2.24, 2.45) is 4.99 Å². The van der Waals surface area contributed by atoms with Crippen LogP contribution in [0.2, 0.25) is 0 Å². The number of aromatic nitrogens is 1. The molecule has 0 atom stereocenters. The first-order valence-electron chi connectivity index (χ1n) is 8.71. The van der Waals surface area contributed by atoms with Gasteiger partial charge < -0.3 is 14.3 Å². The van der Waals surface area contributed by atoms with Gasteiger partial charge in [0, 0.05) is 29.5 Å². The van der Waals surface area contributed by atoms with Crippen molar-refractivity contribution in [3.8, 4) is 23.0 Å². The number of phenols is 1. The van der Waals surface area contributed by atoms with Crippen molar-refractivity contribution in [2.45, 2.75) is 0 Å². The van der Waals surface area contributed by atoms with Crippen LogP contribution >= 0.6 is 15.9 Å². The summed E-state index contributed by atoms with van der Waals surface area (Å²) in [6, 6.07) is 15.1. The van der Waals surface area contributed by atoms with Gasteiger partial charge in [0.05, 0.1) is 16.5 Å². The lowest BCUT2D eigenvalue weighted by Gasteiger charge is -2.06. The number of halogens is 1. The molecule has 0 unspecified atom stereocenters. The number of hydrogen-bond acceptors (Lipinski definition) is 7. The standard InChI is InChI=1S/C21H14BrN3O5/c1-29-18-7-6-12(21-24-16-4-2-3-5-19(16)30-21)9-17(18)23-11-13-8-14(25(27)28)10-15(22)20(13)26/h2-11,26H,1H3. The lowest BCUT2D eigenvalue weighted by molar-refractivity contribution is -0.385. The van der Waals surface area contributed by atoms with E-state index in [4.69, 9.17) is 9.15 Å². The number of benzene rings is 3. The van der Waals surface area contributed by atoms with Crippen LogP contribution in [0.5, 0.6) is 11.5 Å². The summed E-state index contributed by atoms with van der Waals surface area (Å²) in [6.45, 7) is 0. The molecule has 4 rings (SSSR count). The number of ether oxygens (including phenoxy) is 1. The van der Waals surface area contributed by atoms with E-state index in [0.29, 0.717) is 28.5 Å². The van der Waals surface area contributed by atoms with Crippen LogP contribution in [0.25, 0.3) is 22.6 Å². The van der Waals surface area contributed by atoms with Crippen molar-refractivity contribution in [3.63, 3.8) is 0 Å². The van der Waals surface area contributed by atoms with Gasteiger partial charge in [0.1, 0.15) is 22.7 Å². The number of oxazole rings is 1. The molecular weight excluding hydrogens is 454 g/mol. The number of nitrogens with zero attached hydrogens (tertiary/aromatic N) is 3. The summed E-state index contributed by atoms with van der Waals surface area (Å²) < 4.78 is 11.4. The lowest BCUT2D eigenvalue weighted by atomic mass is 10.1. The monoisotopic (exact) mass is 467 g/mol. The molecule has 4 aromatic rings. The van der Waals surface area contributed by atoms with Crippen molar-refractivity contribution in [3.05, 3.63) is 74.7 Å². The van der Waals surface area contributed by atoms with Crippen LogP contribution in [0, 0.1) is 10.1 Å². The Balaban J connectivity index is 1.75. The van der Waals surface area contributed by atoms with E-state index >= 15 is 0 Å². The molecule has 8 nitrogen and oxygen atoms in total. The molecule has 0 aliphatic rings. The number of aromatic hydroxyl groups is 1. The second kappa shape index (κ2) is 7.96. The zero-order valence-corrected chi connectivity index (χ0v) is 17.2. The molecule has 1 heterocycles. The summed E-state index contributed by atoms with van der Waals surface area (Å²) in [7, 11) is 1.51. The van der Waals surface area contributed by atoms with E-state index in [1.807, 2.05) is 24.3 Å². The Kier molecular flexibility index (Phi) is 5.20. The third-order valence-electron chi connectivity index (χ3n) is 4.35. The summed E-state index contributed by atoms with van der Waals surface area (Å²) in [6.07, 6.45) is 1.33. The summed E-state index contributed by atoms with van der Waals surface area (Å²) >= 11 is 3.12. The summed E-state index contributed by atoms with van der Waals surface area (Å²) in [5, 5.41) is 21.3. The van der Waals surface area contributed by atoms with Crippen molar-refractivity contribution in [1.29, 1.82) is 0 Å². The molecule has 0 amide bonds. The normalized spacial score (nSPS) is 11.3. The topological polar surface area (TPSA) is 111 Å². The van der Waals surface area contributed by atoms with E-state index in [-0.39, 0.29) is 21.5 Å². The van der Waals surface area contributed by atoms with Crippen LogP contribution in [0.1, 0.15) is 5.56 Å². The van der Waals surface area contributed by atoms with Crippen molar-refractivity contribution in [1.82, 2.24) is 4.98 Å². The molecule has 1 aromatic heterocycles. The van der Waals surface area contributed by atoms with E-state index in [0.717, 1.165) is 5.52 Å². The van der Waals surface area contributed by atoms with Gasteiger partial charge in [-0.2, -0.15) is 0 Å². The number of aliphatic imine (C=N–C) groups is 1. The molecule has 30 heavy (non-hydrogen) atoms. The first-order valence-corrected chi connectivity index (χ1v) is 9.50. The molecular formula is C21H14BrN3O5. The third-order valence-corrected chi connectivity index (χ3v) is 4.96. The molecule has 9 heteroatoms. The maximum absolute atomic E-state index is 11.1. The second-order valence-electron chi connectivity index (χ2n) is 6.25. The highest BCUT2D eigenvalue weighted by molar-refractivity contribution is 9.10. The summed E-state index contributed by atoms with van der Waals surface area (Å²) in [5.41, 5.74) is 2.54. The van der Waals surface area contributed by atoms with Gasteiger partial charge in [-0.25, -0.2) is 4.98 Å². The zero-order valence-electron chi connectivity index (χ0n) is 15.6. The van der Waals surface area contributed by atoms with Crippen molar-refractivity contribution in [2.75, 3.05) is 7.11 Å². The summed E-state index contributed by atoms with van der Waals surface area (Å²) in [4.78, 5) is 19.4. The van der Waals surface area contributed by atoms with Crippen LogP contribution in [-0.4, -0.2) is 28.3 Å². The minimum absolute atomic E-state index is 0.154. The SMILES string of the molecule is COc1ccc(-c2nc3ccccc3o2)cc1N=Cc1cc([N+](=O)[O-])cc(Br)c1O. The van der Waals surface area contributed by atoms with Gasteiger partial charge in [-0.3, -0.25) is 15.1 Å². The first kappa shape index (κ1) is 19.6. The highest BCUT2D eigenvalue weighted by atomic mass is 79.9. The van der Waals surface area contributed by atoms with Gasteiger partial charge in [-0.15, -0.1) is 0 Å². The molecule has 0 aliphatic heterocycles. The average molecular weight is 468 g/mol. The minimum Gasteiger partial charge on any atom is -0.506 e. The number of methoxy groups -OCH3 is 1. The van der Waals surface area contributed by atoms with Crippen LogP contribution in [0.3, 0.4) is 0 Å². The Labute approximate surface area is 178 Å². The number of phenolic OH excluding ortho intramolecular Hbond substituents is 1. The highest BCUT2D eigenvalue weighted by Gasteiger charge is 2.15. The number of nitro benzene ring substituents is 1. The van der Waals surface area contributed by atoms with E-state index < -0.39 is 4.92 Å². The maximum atomic E-state index is 11.1. The fraction of sp³-hybridized carbons (Fsp3) is 0.0476. The summed E-state index contributed by atoms with van der Waals surface area (Å²) in [5.74, 6) is 0.754. The first-order chi connectivity index (χ1) is 14.5. The molecule has 0 aliphatic carbocycles. The van der Waals surface area contributed by atoms with Crippen molar-refractivity contribution < 1.29 is 19.2 Å². The Morgan fingerprint density at radius 1 is 1.23 bits per heavy atom. The van der Waals surface area contributed by atoms with Gasteiger partial charge in [0.25, 0.3) is 5.69 Å². The molecule has 0 bridgehead atoms. The number of para-hydroxylation sites is 2. The Morgan fingerprint density at radius 2 is 2.03 bits per heavy atom. The van der Waals surface area contributed by atoms with E-state index in [1.54, 1.807) is 18.2 Å². The predicted octanol–water partition coefficient (Wildman–Crippen LogP) is 5.63. The number of rotatable bonds is 5. The lowest BCUT2D eigenvalue weighted by Crippen LogP contribution is -1.92. The van der Waals surface area contributed by atoms with Crippen LogP contribution in [0.15, 0.2) is 68.5 Å². The van der Waals surface area contributed by atoms with Gasteiger partial charge >= 0.3 is 0 Å². The number of non-ortho nitro benzene ring substituents is 1. The van der Waals surface area contributed by atoms with Crippen LogP contribution in [-0.2, 0) is 0 Å². The largest absolute Gasteiger partial charge is 0.506 e. The fourth-order valence-electron chi connectivity index (χ4n) is 2.87. The smallest absolute Gasteiger partial charge is 0.271 e. The maximum Gasteiger partial charge on any atom is 0.271 e. The number of hydrogen-bond donors (Lipinski definition) is 1. The average Bonchev–Trinajstić information content (AvgIpc) is 3.18. The van der Waals surface area contributed by atoms with Gasteiger partial charge in [0.15, 0.2) is 5.58 Å². The third kappa shape index (κ3) is 3.74. The zero-order chi connectivity index (χ0) is 21.3. The molecule has 0 saturated carbocycles. The van der Waals surface area contributed by atoms with Gasteiger partial charge in [-0.05, 0) is 46.3 Å². The second-order valence-corrected chi connectivity index (χ2v) is 7.11.